The summed E-state index contributed by atoms with van der Waals surface area (Å²) in [5.74, 6) is -4.66. The van der Waals surface area contributed by atoms with Crippen LogP contribution < -0.4 is 15.8 Å². The zero-order valence-electron chi connectivity index (χ0n) is 27.7. The Kier molecular flexibility index (Phi) is 12.7. The monoisotopic (exact) mass is 728 g/mol. The Morgan fingerprint density at radius 1 is 1.06 bits per heavy atom. The minimum Gasteiger partial charge on any atom is -0.488 e. The minimum absolute atomic E-state index is 0.00450. The number of piperazine rings is 1. The molecule has 0 aromatic heterocycles. The topological polar surface area (TPSA) is 145 Å². The first-order valence-corrected chi connectivity index (χ1v) is 17.1. The second-order valence-electron chi connectivity index (χ2n) is 12.7. The Balaban J connectivity index is 0.00000162. The quantitative estimate of drug-likeness (QED) is 0.123. The summed E-state index contributed by atoms with van der Waals surface area (Å²) in [6, 6.07) is 15.3. The van der Waals surface area contributed by atoms with Crippen LogP contribution in [0.15, 0.2) is 66.2 Å². The van der Waals surface area contributed by atoms with Crippen molar-refractivity contribution in [2.75, 3.05) is 26.3 Å². The normalized spacial score (nSPS) is 18.7. The van der Waals surface area contributed by atoms with Gasteiger partial charge in [-0.25, -0.2) is 8.78 Å². The highest BCUT2D eigenvalue weighted by Gasteiger charge is 2.43. The summed E-state index contributed by atoms with van der Waals surface area (Å²) in [6.07, 6.45) is 3.27. The van der Waals surface area contributed by atoms with Gasteiger partial charge in [-0.3, -0.25) is 14.4 Å². The number of hydrogen-bond donors (Lipinski definition) is 4. The third-order valence-corrected chi connectivity index (χ3v) is 9.54. The molecule has 2 fully saturated rings. The van der Waals surface area contributed by atoms with E-state index in [1.165, 1.54) is 0 Å². The number of carbonyl (C=O) groups excluding carboxylic acids is 2. The summed E-state index contributed by atoms with van der Waals surface area (Å²) in [6.45, 7) is 0.275. The average molecular weight is 729 g/mol. The van der Waals surface area contributed by atoms with E-state index >= 15 is 0 Å². The van der Waals surface area contributed by atoms with Gasteiger partial charge in [-0.15, -0.1) is 0 Å². The molecular weight excluding hydrogens is 689 g/mol. The molecular formula is C37H40ClF3N4O6. The summed E-state index contributed by atoms with van der Waals surface area (Å²) < 4.78 is 46.5. The maximum atomic E-state index is 14.6. The van der Waals surface area contributed by atoms with E-state index in [1.807, 2.05) is 53.4 Å². The fraction of sp³-hybridized carbons (Fsp3) is 0.378. The van der Waals surface area contributed by atoms with Crippen molar-refractivity contribution in [3.8, 4) is 5.75 Å². The SMILES string of the molecule is N[C@@H](CO)C(=O)N1C[C@@H]2CC(c3ccc(CCCOc4c(F)ccc(F)c4F)cc3)=C(C(=O)N(Cc3ccccc3Cl)C3CC3)[C@H](C1)N2.O=CO. The van der Waals surface area contributed by atoms with Gasteiger partial charge in [0.2, 0.25) is 11.7 Å². The zero-order valence-corrected chi connectivity index (χ0v) is 28.5. The van der Waals surface area contributed by atoms with E-state index in [-0.39, 0.29) is 43.5 Å². The van der Waals surface area contributed by atoms with E-state index < -0.39 is 41.9 Å². The van der Waals surface area contributed by atoms with Crippen LogP contribution in [0.5, 0.6) is 5.75 Å². The van der Waals surface area contributed by atoms with Crippen LogP contribution in [0.3, 0.4) is 0 Å². The molecule has 2 heterocycles. The van der Waals surface area contributed by atoms with Gasteiger partial charge in [-0.05, 0) is 72.6 Å². The van der Waals surface area contributed by atoms with Crippen LogP contribution >= 0.6 is 11.6 Å². The van der Waals surface area contributed by atoms with Gasteiger partial charge in [-0.2, -0.15) is 4.39 Å². The predicted molar refractivity (Wildman–Crippen MR) is 184 cm³/mol. The van der Waals surface area contributed by atoms with Crippen LogP contribution in [0.1, 0.15) is 42.4 Å². The van der Waals surface area contributed by atoms with Crippen LogP contribution in [-0.2, 0) is 27.3 Å². The van der Waals surface area contributed by atoms with Crippen LogP contribution in [0.25, 0.3) is 5.57 Å². The number of fused-ring (bicyclic) bond motifs is 2. The number of nitrogens with two attached hydrogens (primary N) is 1. The molecule has 1 aliphatic carbocycles. The highest BCUT2D eigenvalue weighted by atomic mass is 35.5. The lowest BCUT2D eigenvalue weighted by Crippen LogP contribution is -2.64. The molecule has 3 aliphatic rings. The van der Waals surface area contributed by atoms with Gasteiger partial charge in [0.25, 0.3) is 12.4 Å². The van der Waals surface area contributed by atoms with E-state index in [4.69, 9.17) is 32.0 Å². The number of carboxylic acid groups (broad SMARTS) is 1. The summed E-state index contributed by atoms with van der Waals surface area (Å²) in [7, 11) is 0. The maximum absolute atomic E-state index is 14.6. The smallest absolute Gasteiger partial charge is 0.290 e. The lowest BCUT2D eigenvalue weighted by molar-refractivity contribution is -0.136. The van der Waals surface area contributed by atoms with Crippen molar-refractivity contribution in [2.45, 2.75) is 62.8 Å². The largest absolute Gasteiger partial charge is 0.488 e. The van der Waals surface area contributed by atoms with Crippen molar-refractivity contribution >= 4 is 35.5 Å². The number of aliphatic hydroxyl groups is 1. The Bertz CT molecular complexity index is 1760. The van der Waals surface area contributed by atoms with E-state index in [2.05, 4.69) is 5.32 Å². The van der Waals surface area contributed by atoms with Crippen molar-refractivity contribution in [1.29, 1.82) is 0 Å². The summed E-state index contributed by atoms with van der Waals surface area (Å²) in [4.78, 5) is 39.5. The molecule has 1 saturated carbocycles. The second-order valence-corrected chi connectivity index (χ2v) is 13.1. The first-order valence-electron chi connectivity index (χ1n) is 16.7. The molecule has 0 unspecified atom stereocenters. The molecule has 6 rings (SSSR count). The van der Waals surface area contributed by atoms with Crippen molar-refractivity contribution in [3.05, 3.63) is 105 Å². The summed E-state index contributed by atoms with van der Waals surface area (Å²) in [5.41, 5.74) is 10.1. The number of benzene rings is 3. The molecule has 3 aromatic rings. The van der Waals surface area contributed by atoms with Gasteiger partial charge in [0.05, 0.1) is 19.3 Å². The van der Waals surface area contributed by atoms with Crippen molar-refractivity contribution in [2.24, 2.45) is 5.73 Å². The standard InChI is InChI=1S/C36H38ClF3N4O4.CH2O2/c37-27-6-2-1-5-23(27)17-44(25-11-12-25)36(47)32-26(16-24-18-43(19-31(32)42-24)35(46)30(41)20-45)22-9-7-21(8-10-22)4-3-15-48-34-29(39)14-13-28(38)33(34)40;2-1-3/h1-2,5-10,13-14,24-25,30-31,42,45H,3-4,11-12,15-20,41H2;1H,(H,2,3)/t24-,30-,31-;/m0./s1. The molecule has 1 saturated heterocycles. The zero-order chi connectivity index (χ0) is 36.7. The predicted octanol–water partition coefficient (Wildman–Crippen LogP) is 4.31. The Morgan fingerprint density at radius 3 is 2.41 bits per heavy atom. The molecule has 3 atom stereocenters. The molecule has 51 heavy (non-hydrogen) atoms. The first-order chi connectivity index (χ1) is 24.6. The first kappa shape index (κ1) is 37.8. The number of aliphatic hydroxyl groups excluding tert-OH is 1. The molecule has 3 aromatic carbocycles. The van der Waals surface area contributed by atoms with Crippen LogP contribution in [0, 0.1) is 17.5 Å². The Labute approximate surface area is 298 Å². The number of rotatable bonds is 12. The number of ether oxygens (including phenoxy) is 1. The van der Waals surface area contributed by atoms with E-state index in [0.717, 1.165) is 41.2 Å². The van der Waals surface area contributed by atoms with Gasteiger partial charge in [0, 0.05) is 42.3 Å². The maximum Gasteiger partial charge on any atom is 0.290 e. The van der Waals surface area contributed by atoms with Crippen LogP contribution in [-0.4, -0.2) is 88.8 Å². The molecule has 10 nitrogen and oxygen atoms in total. The molecule has 272 valence electrons. The van der Waals surface area contributed by atoms with Gasteiger partial charge in [0.1, 0.15) is 6.04 Å². The Morgan fingerprint density at radius 2 is 1.75 bits per heavy atom. The number of hydrogen-bond acceptors (Lipinski definition) is 7. The summed E-state index contributed by atoms with van der Waals surface area (Å²) in [5, 5.41) is 20.6. The molecule has 0 radical (unpaired) electrons. The van der Waals surface area contributed by atoms with Gasteiger partial charge >= 0.3 is 0 Å². The highest BCUT2D eigenvalue weighted by Crippen LogP contribution is 2.38. The number of carbonyl (C=O) groups is 3. The second kappa shape index (κ2) is 17.2. The fourth-order valence-corrected chi connectivity index (χ4v) is 6.74. The number of halogens is 4. The number of amides is 2. The molecule has 2 amide bonds. The minimum atomic E-state index is -1.35. The van der Waals surface area contributed by atoms with Gasteiger partial charge < -0.3 is 35.8 Å². The van der Waals surface area contributed by atoms with Crippen molar-refractivity contribution in [3.63, 3.8) is 0 Å². The van der Waals surface area contributed by atoms with E-state index in [9.17, 15) is 27.9 Å². The molecule has 2 aliphatic heterocycles. The average Bonchev–Trinajstić information content (AvgIpc) is 3.97. The van der Waals surface area contributed by atoms with E-state index in [1.54, 1.807) is 4.90 Å². The summed E-state index contributed by atoms with van der Waals surface area (Å²) >= 11 is 6.51. The highest BCUT2D eigenvalue weighted by molar-refractivity contribution is 6.31. The molecule has 2 bridgehead atoms. The van der Waals surface area contributed by atoms with Crippen molar-refractivity contribution < 1.29 is 42.5 Å². The lowest BCUT2D eigenvalue weighted by atomic mass is 9.82. The van der Waals surface area contributed by atoms with Crippen LogP contribution in [0.4, 0.5) is 13.2 Å². The third-order valence-electron chi connectivity index (χ3n) is 9.17. The number of aryl methyl sites for hydroxylation is 1. The number of nitrogens with one attached hydrogen (secondary N) is 1. The third kappa shape index (κ3) is 9.09. The number of nitrogens with zero attached hydrogens (tertiary/aromatic N) is 2. The van der Waals surface area contributed by atoms with Gasteiger partial charge in [-0.1, -0.05) is 54.1 Å². The fourth-order valence-electron chi connectivity index (χ4n) is 6.54. The lowest BCUT2D eigenvalue weighted by Gasteiger charge is -2.45. The Hall–Kier alpha value is -4.43. The molecule has 0 spiro atoms. The molecule has 5 N–H and O–H groups in total. The molecule has 14 heteroatoms. The van der Waals surface area contributed by atoms with Gasteiger partial charge in [0.15, 0.2) is 17.4 Å². The van der Waals surface area contributed by atoms with E-state index in [0.29, 0.717) is 49.0 Å². The van der Waals surface area contributed by atoms with Crippen LogP contribution in [0.2, 0.25) is 5.02 Å². The van der Waals surface area contributed by atoms with Crippen molar-refractivity contribution in [1.82, 2.24) is 15.1 Å².